The van der Waals surface area contributed by atoms with Gasteiger partial charge in [0.2, 0.25) is 11.5 Å². The molecule has 9 heteroatoms. The minimum atomic E-state index is -0.336. The van der Waals surface area contributed by atoms with E-state index in [-0.39, 0.29) is 17.0 Å². The minimum Gasteiger partial charge on any atom is -0.379 e. The van der Waals surface area contributed by atoms with Crippen molar-refractivity contribution in [2.24, 2.45) is 0 Å². The molecule has 0 aliphatic carbocycles. The lowest BCUT2D eigenvalue weighted by Crippen LogP contribution is -2.48. The van der Waals surface area contributed by atoms with Crippen LogP contribution < -0.4 is 21.2 Å². The second-order valence-electron chi connectivity index (χ2n) is 6.71. The van der Waals surface area contributed by atoms with Crippen LogP contribution in [0.1, 0.15) is 10.4 Å². The molecule has 0 spiro atoms. The van der Waals surface area contributed by atoms with Gasteiger partial charge in [-0.2, -0.15) is 0 Å². The Labute approximate surface area is 161 Å². The maximum atomic E-state index is 13.0. The number of carbonyl (C=O) groups is 1. The Morgan fingerprint density at radius 1 is 1.36 bits per heavy atom. The Kier molecular flexibility index (Phi) is 4.93. The van der Waals surface area contributed by atoms with Gasteiger partial charge in [0.15, 0.2) is 0 Å². The quantitative estimate of drug-likeness (QED) is 0.461. The lowest BCUT2D eigenvalue weighted by Gasteiger charge is -2.26. The van der Waals surface area contributed by atoms with Crippen molar-refractivity contribution in [3.05, 3.63) is 46.4 Å². The number of rotatable bonds is 4. The smallest absolute Gasteiger partial charge is 0.278 e. The third-order valence-electron chi connectivity index (χ3n) is 5.08. The van der Waals surface area contributed by atoms with Gasteiger partial charge >= 0.3 is 0 Å². The maximum Gasteiger partial charge on any atom is 0.278 e. The third-order valence-corrected chi connectivity index (χ3v) is 5.08. The van der Waals surface area contributed by atoms with Gasteiger partial charge in [0, 0.05) is 32.9 Å². The predicted octanol–water partition coefficient (Wildman–Crippen LogP) is -0.591. The molecule has 9 nitrogen and oxygen atoms in total. The summed E-state index contributed by atoms with van der Waals surface area (Å²) in [5.74, 6) is -0.0376. The zero-order valence-corrected chi connectivity index (χ0v) is 15.7. The van der Waals surface area contributed by atoms with Crippen molar-refractivity contribution in [1.82, 2.24) is 19.6 Å². The Morgan fingerprint density at radius 2 is 2.14 bits per heavy atom. The van der Waals surface area contributed by atoms with Gasteiger partial charge < -0.3 is 15.8 Å². The predicted molar refractivity (Wildman–Crippen MR) is 104 cm³/mol. The monoisotopic (exact) mass is 383 g/mol. The van der Waals surface area contributed by atoms with Crippen molar-refractivity contribution in [2.75, 3.05) is 45.6 Å². The highest BCUT2D eigenvalue weighted by Crippen LogP contribution is 2.14. The fourth-order valence-corrected chi connectivity index (χ4v) is 3.51. The third kappa shape index (κ3) is 3.19. The number of nitrogen functional groups attached to an aromatic ring is 1. The Hall–Kier alpha value is -3.04. The van der Waals surface area contributed by atoms with E-state index in [0.29, 0.717) is 42.3 Å². The number of hydrogen-bond acceptors (Lipinski definition) is 6. The second kappa shape index (κ2) is 7.53. The molecule has 3 aromatic rings. The molecule has 3 N–H and O–H groups in total. The van der Waals surface area contributed by atoms with E-state index in [4.69, 9.17) is 10.5 Å². The number of anilines is 1. The maximum absolute atomic E-state index is 13.0. The summed E-state index contributed by atoms with van der Waals surface area (Å²) in [6.45, 7) is 4.31. The lowest BCUT2D eigenvalue weighted by molar-refractivity contribution is -0.658. The van der Waals surface area contributed by atoms with Gasteiger partial charge in [0.05, 0.1) is 19.8 Å². The molecule has 1 aliphatic heterocycles. The summed E-state index contributed by atoms with van der Waals surface area (Å²) >= 11 is 0. The van der Waals surface area contributed by atoms with Crippen molar-refractivity contribution in [1.29, 1.82) is 0 Å². The van der Waals surface area contributed by atoms with Gasteiger partial charge in [-0.25, -0.2) is 4.57 Å². The molecule has 0 unspecified atom stereocenters. The molecule has 1 amide bonds. The zero-order chi connectivity index (χ0) is 19.7. The van der Waals surface area contributed by atoms with E-state index >= 15 is 0 Å². The van der Waals surface area contributed by atoms with Crippen molar-refractivity contribution < 1.29 is 14.1 Å². The molecule has 0 bridgehead atoms. The van der Waals surface area contributed by atoms with Gasteiger partial charge in [-0.3, -0.25) is 18.9 Å². The summed E-state index contributed by atoms with van der Waals surface area (Å²) in [6, 6.07) is 6.90. The highest BCUT2D eigenvalue weighted by atomic mass is 16.5. The van der Waals surface area contributed by atoms with E-state index in [2.05, 4.69) is 15.2 Å². The Morgan fingerprint density at radius 3 is 2.89 bits per heavy atom. The topological polar surface area (TPSA) is 106 Å². The molecule has 1 saturated heterocycles. The number of nitrogens with zero attached hydrogens (tertiary/aromatic N) is 4. The zero-order valence-electron chi connectivity index (χ0n) is 15.7. The number of carbonyl (C=O) groups excluding carboxylic acids is 1. The molecule has 1 aliphatic rings. The normalized spacial score (nSPS) is 15.2. The number of aromatic nitrogens is 3. The summed E-state index contributed by atoms with van der Waals surface area (Å²) < 4.78 is 8.63. The summed E-state index contributed by atoms with van der Waals surface area (Å²) in [6.07, 6.45) is 1.66. The van der Waals surface area contributed by atoms with Gasteiger partial charge in [-0.15, -0.1) is 0 Å². The van der Waals surface area contributed by atoms with E-state index < -0.39 is 0 Å². The number of ether oxygens (including phenoxy) is 1. The number of hydrogen-bond donors (Lipinski definition) is 2. The summed E-state index contributed by atoms with van der Waals surface area (Å²) in [7, 11) is 1.54. The highest BCUT2D eigenvalue weighted by molar-refractivity contribution is 6.00. The summed E-state index contributed by atoms with van der Waals surface area (Å²) in [5, 5.41) is 2.95. The van der Waals surface area contributed by atoms with Gasteiger partial charge in [-0.05, 0) is 18.2 Å². The standard InChI is InChI=1S/C19H22N6O3/c1-21-18(26)13-12-14-17(22-15-4-2-3-5-24(15)19(14)27)25(16(13)20)7-6-23-8-10-28-11-9-23/h2-5,12,20H,6-11H2,1H3,(H,21,26)/p+1. The van der Waals surface area contributed by atoms with Gasteiger partial charge in [-0.1, -0.05) is 11.1 Å². The molecule has 28 heavy (non-hydrogen) atoms. The SMILES string of the molecule is CNC(=O)c1cc2c(=O)n3ccccc3nc2[n+](CCN2CCOCC2)c1N. The second-order valence-corrected chi connectivity index (χ2v) is 6.71. The first-order chi connectivity index (χ1) is 13.6. The molecule has 4 rings (SSSR count). The molecule has 3 aromatic heterocycles. The molecule has 1 fully saturated rings. The van der Waals surface area contributed by atoms with Crippen LogP contribution >= 0.6 is 0 Å². The van der Waals surface area contributed by atoms with E-state index in [1.807, 2.05) is 6.07 Å². The molecule has 0 aromatic carbocycles. The number of nitrogens with two attached hydrogens (primary N) is 1. The van der Waals surface area contributed by atoms with E-state index in [9.17, 15) is 9.59 Å². The molecule has 0 saturated carbocycles. The average Bonchev–Trinajstić information content (AvgIpc) is 2.73. The Balaban J connectivity index is 1.89. The average molecular weight is 383 g/mol. The van der Waals surface area contributed by atoms with Crippen LogP contribution in [-0.2, 0) is 11.3 Å². The van der Waals surface area contributed by atoms with Crippen molar-refractivity contribution in [2.45, 2.75) is 6.54 Å². The first-order valence-corrected chi connectivity index (χ1v) is 9.26. The number of nitrogens with one attached hydrogen (secondary N) is 1. The van der Waals surface area contributed by atoms with Crippen molar-refractivity contribution in [3.63, 3.8) is 0 Å². The lowest BCUT2D eigenvalue weighted by atomic mass is 10.1. The summed E-state index contributed by atoms with van der Waals surface area (Å²) in [5.41, 5.74) is 7.40. The van der Waals surface area contributed by atoms with E-state index in [0.717, 1.165) is 19.6 Å². The molecule has 0 atom stereocenters. The van der Waals surface area contributed by atoms with Crippen LogP contribution in [0.15, 0.2) is 35.3 Å². The fraction of sp³-hybridized carbons (Fsp3) is 0.368. The highest BCUT2D eigenvalue weighted by Gasteiger charge is 2.24. The van der Waals surface area contributed by atoms with Crippen LogP contribution in [0.25, 0.3) is 16.7 Å². The number of amides is 1. The number of fused-ring (bicyclic) bond motifs is 2. The van der Waals surface area contributed by atoms with Crippen LogP contribution in [0.3, 0.4) is 0 Å². The first-order valence-electron chi connectivity index (χ1n) is 9.26. The molecule has 146 valence electrons. The number of pyridine rings is 2. The van der Waals surface area contributed by atoms with Crippen LogP contribution in [0.4, 0.5) is 5.82 Å². The van der Waals surface area contributed by atoms with Crippen LogP contribution in [0, 0.1) is 0 Å². The largest absolute Gasteiger partial charge is 0.379 e. The van der Waals surface area contributed by atoms with E-state index in [1.165, 1.54) is 17.5 Å². The van der Waals surface area contributed by atoms with Gasteiger partial charge in [0.1, 0.15) is 10.9 Å². The molecule has 4 heterocycles. The fourth-order valence-electron chi connectivity index (χ4n) is 3.51. The summed E-state index contributed by atoms with van der Waals surface area (Å²) in [4.78, 5) is 32.3. The van der Waals surface area contributed by atoms with Crippen LogP contribution in [-0.4, -0.2) is 60.1 Å². The molecular formula is C19H23N6O3+. The minimum absolute atomic E-state index is 0.231. The van der Waals surface area contributed by atoms with Crippen LogP contribution in [0.2, 0.25) is 0 Å². The first kappa shape index (κ1) is 18.3. The molecule has 0 radical (unpaired) electrons. The Bertz CT molecular complexity index is 1100. The molecular weight excluding hydrogens is 360 g/mol. The number of morpholine rings is 1. The van der Waals surface area contributed by atoms with Crippen molar-refractivity contribution in [3.8, 4) is 0 Å². The van der Waals surface area contributed by atoms with Crippen LogP contribution in [0.5, 0.6) is 0 Å². The van der Waals surface area contributed by atoms with E-state index in [1.54, 1.807) is 22.9 Å². The van der Waals surface area contributed by atoms with Crippen molar-refractivity contribution >= 4 is 28.4 Å². The van der Waals surface area contributed by atoms with Gasteiger partial charge in [0.25, 0.3) is 17.1 Å².